The Kier molecular flexibility index (Phi) is 5.22. The van der Waals surface area contributed by atoms with E-state index >= 15 is 0 Å². The number of ether oxygens (including phenoxy) is 1. The van der Waals surface area contributed by atoms with Crippen LogP contribution in [0.5, 0.6) is 0 Å². The molecule has 0 atom stereocenters. The first-order valence-electron chi connectivity index (χ1n) is 9.55. The Morgan fingerprint density at radius 2 is 1.81 bits per heavy atom. The lowest BCUT2D eigenvalue weighted by molar-refractivity contribution is -0.141. The van der Waals surface area contributed by atoms with Gasteiger partial charge in [-0.3, -0.25) is 19.3 Å². The van der Waals surface area contributed by atoms with Gasteiger partial charge in [0.05, 0.1) is 18.6 Å². The van der Waals surface area contributed by atoms with Gasteiger partial charge < -0.3 is 9.72 Å². The molecule has 1 spiro atoms. The number of nitrogens with zero attached hydrogens (tertiary/aromatic N) is 1. The van der Waals surface area contributed by atoms with Gasteiger partial charge in [0, 0.05) is 17.7 Å². The van der Waals surface area contributed by atoms with Crippen LogP contribution in [0.4, 0.5) is 0 Å². The predicted octanol–water partition coefficient (Wildman–Crippen LogP) is 2.70. The molecule has 0 bridgehead atoms. The molecule has 2 heterocycles. The van der Waals surface area contributed by atoms with Crippen LogP contribution in [-0.4, -0.2) is 46.6 Å². The Bertz CT molecular complexity index is 802. The van der Waals surface area contributed by atoms with Crippen LogP contribution in [0.25, 0.3) is 0 Å². The van der Waals surface area contributed by atoms with E-state index in [0.717, 1.165) is 37.0 Å². The Morgan fingerprint density at radius 1 is 1.15 bits per heavy atom. The molecule has 146 valence electrons. The highest BCUT2D eigenvalue weighted by molar-refractivity contribution is 6.11. The van der Waals surface area contributed by atoms with Gasteiger partial charge in [-0.05, 0) is 39.2 Å². The van der Waals surface area contributed by atoms with Crippen molar-refractivity contribution in [2.45, 2.75) is 59.3 Å². The van der Waals surface area contributed by atoms with Gasteiger partial charge >= 0.3 is 5.97 Å². The zero-order chi connectivity index (χ0) is 19.8. The minimum atomic E-state index is -0.603. The molecule has 2 amide bonds. The fraction of sp³-hybridized carbons (Fsp3) is 0.600. The lowest BCUT2D eigenvalue weighted by Crippen LogP contribution is -2.39. The smallest absolute Gasteiger partial charge is 0.355 e. The Hall–Kier alpha value is -2.44. The molecule has 1 aromatic rings. The summed E-state index contributed by atoms with van der Waals surface area (Å²) in [6, 6.07) is 0. The molecule has 1 aliphatic carbocycles. The van der Waals surface area contributed by atoms with Crippen molar-refractivity contribution >= 4 is 23.6 Å². The van der Waals surface area contributed by atoms with Gasteiger partial charge in [0.1, 0.15) is 5.69 Å². The Morgan fingerprint density at radius 3 is 2.44 bits per heavy atom. The summed E-state index contributed by atoms with van der Waals surface area (Å²) in [5.41, 5.74) is 1.01. The van der Waals surface area contributed by atoms with E-state index in [2.05, 4.69) is 4.98 Å². The number of aryl methyl sites for hydroxylation is 1. The summed E-state index contributed by atoms with van der Waals surface area (Å²) in [5, 5.41) is 0. The van der Waals surface area contributed by atoms with E-state index in [1.54, 1.807) is 20.8 Å². The number of Topliss-reactive ketones (excluding diaryl/α,β-unsaturated/α-hetero) is 1. The van der Waals surface area contributed by atoms with Gasteiger partial charge in [-0.1, -0.05) is 19.3 Å². The number of hydrogen-bond acceptors (Lipinski definition) is 5. The molecule has 3 rings (SSSR count). The molecule has 1 aliphatic heterocycles. The molecule has 0 radical (unpaired) electrons. The number of aromatic nitrogens is 1. The normalized spacial score (nSPS) is 19.0. The summed E-state index contributed by atoms with van der Waals surface area (Å²) in [7, 11) is 0. The quantitative estimate of drug-likeness (QED) is 0.486. The second-order valence-corrected chi connectivity index (χ2v) is 7.57. The molecule has 7 nitrogen and oxygen atoms in total. The molecule has 0 unspecified atom stereocenters. The fourth-order valence-corrected chi connectivity index (χ4v) is 4.44. The lowest BCUT2D eigenvalue weighted by Gasteiger charge is -2.30. The third-order valence-corrected chi connectivity index (χ3v) is 5.80. The summed E-state index contributed by atoms with van der Waals surface area (Å²) in [6.07, 6.45) is 4.62. The lowest BCUT2D eigenvalue weighted by atomic mass is 9.73. The molecule has 1 saturated carbocycles. The Labute approximate surface area is 158 Å². The van der Waals surface area contributed by atoms with E-state index in [1.807, 2.05) is 0 Å². The van der Waals surface area contributed by atoms with Crippen molar-refractivity contribution in [3.63, 3.8) is 0 Å². The second-order valence-electron chi connectivity index (χ2n) is 7.57. The average Bonchev–Trinajstić information content (AvgIpc) is 3.04. The first kappa shape index (κ1) is 19.3. The van der Waals surface area contributed by atoms with Crippen LogP contribution in [0, 0.1) is 19.3 Å². The molecule has 2 fully saturated rings. The number of H-pyrrole nitrogens is 1. The highest BCUT2D eigenvalue weighted by atomic mass is 16.5. The van der Waals surface area contributed by atoms with Crippen LogP contribution in [0.3, 0.4) is 0 Å². The van der Waals surface area contributed by atoms with Gasteiger partial charge in [-0.15, -0.1) is 0 Å². The van der Waals surface area contributed by atoms with Crippen molar-refractivity contribution in [1.82, 2.24) is 9.88 Å². The summed E-state index contributed by atoms with van der Waals surface area (Å²) < 4.78 is 5.00. The number of hydrogen-bond donors (Lipinski definition) is 1. The van der Waals surface area contributed by atoms with Crippen molar-refractivity contribution in [2.24, 2.45) is 5.41 Å². The molecule has 1 aromatic heterocycles. The van der Waals surface area contributed by atoms with Crippen molar-refractivity contribution in [2.75, 3.05) is 13.2 Å². The van der Waals surface area contributed by atoms with E-state index in [0.29, 0.717) is 16.8 Å². The number of ketones is 1. The highest BCUT2D eigenvalue weighted by Crippen LogP contribution is 2.45. The SMILES string of the molecule is CCOC(=O)c1[nH]c(C)c(C(=O)CN2C(=O)CC3(CCCCC3)C2=O)c1C. The van der Waals surface area contributed by atoms with Crippen LogP contribution in [0.15, 0.2) is 0 Å². The van der Waals surface area contributed by atoms with Crippen LogP contribution in [0.2, 0.25) is 0 Å². The molecule has 1 saturated heterocycles. The molecule has 7 heteroatoms. The molecular weight excluding hydrogens is 348 g/mol. The zero-order valence-corrected chi connectivity index (χ0v) is 16.1. The minimum Gasteiger partial charge on any atom is -0.461 e. The number of esters is 1. The summed E-state index contributed by atoms with van der Waals surface area (Å²) >= 11 is 0. The molecular formula is C20H26N2O5. The van der Waals surface area contributed by atoms with Crippen LogP contribution >= 0.6 is 0 Å². The maximum Gasteiger partial charge on any atom is 0.355 e. The number of likely N-dealkylation sites (tertiary alicyclic amines) is 1. The van der Waals surface area contributed by atoms with Gasteiger partial charge in [-0.2, -0.15) is 0 Å². The van der Waals surface area contributed by atoms with Crippen LogP contribution in [0.1, 0.15) is 77.6 Å². The van der Waals surface area contributed by atoms with Crippen molar-refractivity contribution < 1.29 is 23.9 Å². The summed E-state index contributed by atoms with van der Waals surface area (Å²) in [5.74, 6) is -1.35. The molecule has 0 aromatic carbocycles. The third kappa shape index (κ3) is 3.31. The first-order valence-corrected chi connectivity index (χ1v) is 9.55. The summed E-state index contributed by atoms with van der Waals surface area (Å²) in [6.45, 7) is 5.03. The second kappa shape index (κ2) is 7.29. The third-order valence-electron chi connectivity index (χ3n) is 5.80. The van der Waals surface area contributed by atoms with E-state index in [4.69, 9.17) is 4.74 Å². The van der Waals surface area contributed by atoms with E-state index in [9.17, 15) is 19.2 Å². The van der Waals surface area contributed by atoms with Gasteiger partial charge in [-0.25, -0.2) is 4.79 Å². The topological polar surface area (TPSA) is 96.5 Å². The number of rotatable bonds is 5. The number of carbonyl (C=O) groups is 4. The first-order chi connectivity index (χ1) is 12.8. The standard InChI is InChI=1S/C20H26N2O5/c1-4-27-18(25)17-12(2)16(13(3)21-17)14(23)11-22-15(24)10-20(19(22)26)8-6-5-7-9-20/h21H,4-11H2,1-3H3. The Balaban J connectivity index is 1.81. The van der Waals surface area contributed by atoms with Crippen molar-refractivity contribution in [3.05, 3.63) is 22.5 Å². The molecule has 27 heavy (non-hydrogen) atoms. The minimum absolute atomic E-state index is 0.207. The summed E-state index contributed by atoms with van der Waals surface area (Å²) in [4.78, 5) is 54.3. The van der Waals surface area contributed by atoms with Crippen molar-refractivity contribution in [3.8, 4) is 0 Å². The highest BCUT2D eigenvalue weighted by Gasteiger charge is 2.51. The van der Waals surface area contributed by atoms with Gasteiger partial charge in [0.2, 0.25) is 11.8 Å². The maximum absolute atomic E-state index is 12.9. The van der Waals surface area contributed by atoms with E-state index < -0.39 is 11.4 Å². The number of aromatic amines is 1. The van der Waals surface area contributed by atoms with E-state index in [1.165, 1.54) is 0 Å². The monoisotopic (exact) mass is 374 g/mol. The number of amides is 2. The number of imide groups is 1. The largest absolute Gasteiger partial charge is 0.461 e. The van der Waals surface area contributed by atoms with Crippen molar-refractivity contribution in [1.29, 1.82) is 0 Å². The zero-order valence-electron chi connectivity index (χ0n) is 16.1. The van der Waals surface area contributed by atoms with Crippen LogP contribution in [-0.2, 0) is 14.3 Å². The number of carbonyl (C=O) groups excluding carboxylic acids is 4. The van der Waals surface area contributed by atoms with Crippen LogP contribution < -0.4 is 0 Å². The molecule has 2 aliphatic rings. The maximum atomic E-state index is 12.9. The molecule has 1 N–H and O–H groups in total. The number of nitrogens with one attached hydrogen (secondary N) is 1. The van der Waals surface area contributed by atoms with Gasteiger partial charge in [0.25, 0.3) is 0 Å². The average molecular weight is 374 g/mol. The fourth-order valence-electron chi connectivity index (χ4n) is 4.44. The van der Waals surface area contributed by atoms with Gasteiger partial charge in [0.15, 0.2) is 5.78 Å². The predicted molar refractivity (Wildman–Crippen MR) is 97.4 cm³/mol. The van der Waals surface area contributed by atoms with E-state index in [-0.39, 0.29) is 42.9 Å².